The second kappa shape index (κ2) is 13.3. The summed E-state index contributed by atoms with van der Waals surface area (Å²) in [7, 11) is 0. The van der Waals surface area contributed by atoms with Crippen LogP contribution in [0.5, 0.6) is 0 Å². The van der Waals surface area contributed by atoms with E-state index >= 15 is 0 Å². The third kappa shape index (κ3) is 8.89. The number of carbonyl (C=O) groups is 1. The number of cyclic esters (lactones) is 1. The lowest BCUT2D eigenvalue weighted by atomic mass is 9.83. The lowest BCUT2D eigenvalue weighted by molar-refractivity contribution is -0.305. The Balaban J connectivity index is 2.38. The maximum Gasteiger partial charge on any atom is 0.330 e. The molecule has 0 radical (unpaired) electrons. The topological polar surface area (TPSA) is 116 Å². The van der Waals surface area contributed by atoms with Gasteiger partial charge in [-0.15, -0.1) is 0 Å². The van der Waals surface area contributed by atoms with Gasteiger partial charge in [-0.1, -0.05) is 62.8 Å². The molecule has 0 saturated carbocycles. The molecular formula is C30H48O7. The van der Waals surface area contributed by atoms with Gasteiger partial charge in [0.2, 0.25) is 5.79 Å². The fourth-order valence-electron chi connectivity index (χ4n) is 4.75. The zero-order chi connectivity index (χ0) is 28.0. The summed E-state index contributed by atoms with van der Waals surface area (Å²) < 4.78 is 11.9. The van der Waals surface area contributed by atoms with Gasteiger partial charge < -0.3 is 29.9 Å². The molecule has 0 spiro atoms. The quantitative estimate of drug-likeness (QED) is 0.322. The smallest absolute Gasteiger partial charge is 0.330 e. The second-order valence-electron chi connectivity index (χ2n) is 11.5. The van der Waals surface area contributed by atoms with Crippen LogP contribution in [-0.4, -0.2) is 62.2 Å². The van der Waals surface area contributed by atoms with E-state index in [-0.39, 0.29) is 24.2 Å². The number of fused-ring (bicyclic) bond motifs is 2. The van der Waals surface area contributed by atoms with Gasteiger partial charge in [0.05, 0.1) is 18.3 Å². The van der Waals surface area contributed by atoms with E-state index in [2.05, 4.69) is 6.58 Å². The number of rotatable bonds is 4. The molecule has 2 bridgehead atoms. The highest BCUT2D eigenvalue weighted by Crippen LogP contribution is 2.39. The van der Waals surface area contributed by atoms with E-state index in [9.17, 15) is 25.2 Å². The van der Waals surface area contributed by atoms with Crippen LogP contribution in [-0.2, 0) is 14.3 Å². The van der Waals surface area contributed by atoms with Crippen molar-refractivity contribution in [2.45, 2.75) is 116 Å². The molecule has 4 N–H and O–H groups in total. The molecule has 2 aliphatic rings. The number of aliphatic hydroxyl groups is 4. The van der Waals surface area contributed by atoms with Crippen LogP contribution in [0.4, 0.5) is 0 Å². The molecule has 0 amide bonds. The minimum absolute atomic E-state index is 0.0493. The minimum atomic E-state index is -1.84. The molecule has 7 heteroatoms. The number of hydrogen-bond acceptors (Lipinski definition) is 7. The average molecular weight is 521 g/mol. The van der Waals surface area contributed by atoms with Crippen LogP contribution >= 0.6 is 0 Å². The predicted octanol–water partition coefficient (Wildman–Crippen LogP) is 4.36. The fourth-order valence-corrected chi connectivity index (χ4v) is 4.75. The number of hydrogen-bond donors (Lipinski definition) is 4. The monoisotopic (exact) mass is 520 g/mol. The summed E-state index contributed by atoms with van der Waals surface area (Å²) in [5.41, 5.74) is -0.181. The molecule has 1 saturated heterocycles. The number of esters is 1. The van der Waals surface area contributed by atoms with Crippen molar-refractivity contribution in [2.75, 3.05) is 0 Å². The first kappa shape index (κ1) is 31.4. The van der Waals surface area contributed by atoms with Gasteiger partial charge in [0, 0.05) is 18.4 Å². The zero-order valence-electron chi connectivity index (χ0n) is 23.4. The van der Waals surface area contributed by atoms with Gasteiger partial charge in [-0.25, -0.2) is 4.79 Å². The highest BCUT2D eigenvalue weighted by Gasteiger charge is 2.49. The van der Waals surface area contributed by atoms with Gasteiger partial charge >= 0.3 is 5.97 Å². The van der Waals surface area contributed by atoms with E-state index in [1.807, 2.05) is 20.8 Å². The molecule has 0 aromatic heterocycles. The van der Waals surface area contributed by atoms with Crippen LogP contribution < -0.4 is 0 Å². The van der Waals surface area contributed by atoms with Crippen LogP contribution in [0.15, 0.2) is 48.1 Å². The molecule has 0 aromatic carbocycles. The van der Waals surface area contributed by atoms with Crippen LogP contribution in [0.1, 0.15) is 80.1 Å². The normalized spacial score (nSPS) is 41.4. The first-order chi connectivity index (χ1) is 17.1. The van der Waals surface area contributed by atoms with Crippen molar-refractivity contribution in [3.8, 4) is 0 Å². The first-order valence-corrected chi connectivity index (χ1v) is 13.5. The average Bonchev–Trinajstić information content (AvgIpc) is 2.79. The van der Waals surface area contributed by atoms with Crippen molar-refractivity contribution in [3.63, 3.8) is 0 Å². The van der Waals surface area contributed by atoms with Gasteiger partial charge in [-0.3, -0.25) is 0 Å². The second-order valence-corrected chi connectivity index (χ2v) is 11.5. The Morgan fingerprint density at radius 1 is 1.19 bits per heavy atom. The Morgan fingerprint density at radius 2 is 1.86 bits per heavy atom. The molecule has 0 aliphatic carbocycles. The number of allylic oxidation sites excluding steroid dienone is 1. The highest BCUT2D eigenvalue weighted by molar-refractivity contribution is 5.83. The van der Waals surface area contributed by atoms with E-state index in [1.165, 1.54) is 13.0 Å². The van der Waals surface area contributed by atoms with E-state index in [0.717, 1.165) is 5.57 Å². The zero-order valence-corrected chi connectivity index (χ0v) is 23.4. The molecule has 0 aromatic rings. The summed E-state index contributed by atoms with van der Waals surface area (Å²) in [5, 5.41) is 43.1. The third-order valence-electron chi connectivity index (χ3n) is 8.05. The van der Waals surface area contributed by atoms with Crippen molar-refractivity contribution in [1.82, 2.24) is 0 Å². The van der Waals surface area contributed by atoms with Gasteiger partial charge in [-0.05, 0) is 64.7 Å². The number of carbonyl (C=O) groups excluding carboxylic acids is 1. The summed E-state index contributed by atoms with van der Waals surface area (Å²) in [6.07, 6.45) is 9.00. The molecule has 210 valence electrons. The minimum Gasteiger partial charge on any atom is -0.459 e. The Morgan fingerprint density at radius 3 is 2.51 bits per heavy atom. The van der Waals surface area contributed by atoms with Crippen LogP contribution in [0.25, 0.3) is 0 Å². The van der Waals surface area contributed by atoms with Crippen molar-refractivity contribution in [2.24, 2.45) is 17.8 Å². The number of aliphatic hydroxyl groups excluding tert-OH is 2. The Hall–Kier alpha value is -1.77. The van der Waals surface area contributed by atoms with Gasteiger partial charge in [-0.2, -0.15) is 0 Å². The molecular weight excluding hydrogens is 472 g/mol. The van der Waals surface area contributed by atoms with Crippen molar-refractivity contribution >= 4 is 5.97 Å². The predicted molar refractivity (Wildman–Crippen MR) is 144 cm³/mol. The summed E-state index contributed by atoms with van der Waals surface area (Å²) in [4.78, 5) is 12.8. The first-order valence-electron chi connectivity index (χ1n) is 13.5. The molecule has 37 heavy (non-hydrogen) atoms. The largest absolute Gasteiger partial charge is 0.459 e. The number of ether oxygens (including phenoxy) is 2. The van der Waals surface area contributed by atoms with Crippen molar-refractivity contribution in [3.05, 3.63) is 48.1 Å². The molecule has 0 unspecified atom stereocenters. The lowest BCUT2D eigenvalue weighted by Crippen LogP contribution is -2.56. The molecule has 1 fully saturated rings. The molecule has 7 nitrogen and oxygen atoms in total. The Labute approximate surface area is 222 Å². The lowest BCUT2D eigenvalue weighted by Gasteiger charge is -2.45. The summed E-state index contributed by atoms with van der Waals surface area (Å²) >= 11 is 0. The van der Waals surface area contributed by atoms with Crippen molar-refractivity contribution in [1.29, 1.82) is 0 Å². The van der Waals surface area contributed by atoms with E-state index in [0.29, 0.717) is 37.7 Å². The van der Waals surface area contributed by atoms with Crippen LogP contribution in [0.2, 0.25) is 0 Å². The van der Waals surface area contributed by atoms with Crippen LogP contribution in [0.3, 0.4) is 0 Å². The van der Waals surface area contributed by atoms with Gasteiger partial charge in [0.15, 0.2) is 0 Å². The Bertz CT molecular complexity index is 871. The van der Waals surface area contributed by atoms with Gasteiger partial charge in [0.25, 0.3) is 0 Å². The fraction of sp³-hybridized carbons (Fsp3) is 0.700. The van der Waals surface area contributed by atoms with E-state index in [1.54, 1.807) is 38.2 Å². The van der Waals surface area contributed by atoms with E-state index < -0.39 is 41.8 Å². The SMILES string of the molecule is C=C1C[C@@H]2C/C=C\[C@H](O)[C@H](C)/C(C)=C\C(=O)O[C@H](CC[C@@H](C)[C@@H](C)O)[C@@H](C)C/C=C\[C@@](C)(O)[C@](O)(C1)O2. The van der Waals surface area contributed by atoms with E-state index in [4.69, 9.17) is 9.47 Å². The van der Waals surface area contributed by atoms with Gasteiger partial charge in [0.1, 0.15) is 11.7 Å². The van der Waals surface area contributed by atoms with Crippen molar-refractivity contribution < 1.29 is 34.7 Å². The highest BCUT2D eigenvalue weighted by atomic mass is 16.6. The standard InChI is InChI=1S/C30H48O7/c1-19-16-25-11-8-12-26(32)23(5)22(4)17-28(33)36-27(14-13-20(2)24(6)31)21(3)10-9-15-29(7,34)30(35,18-19)37-25/h8-9,12,15,17,20-21,23-27,31-32,34-35H,1,10-11,13-14,16,18H2,2-7H3/b12-8-,15-9-,22-17-/t20-,21+,23-,24-,25+,26+,27-,29-,30+/m1/s1. The summed E-state index contributed by atoms with van der Waals surface area (Å²) in [6.45, 7) is 14.9. The third-order valence-corrected chi connectivity index (χ3v) is 8.05. The molecule has 2 rings (SSSR count). The van der Waals surface area contributed by atoms with Crippen LogP contribution in [0, 0.1) is 17.8 Å². The maximum atomic E-state index is 12.8. The summed E-state index contributed by atoms with van der Waals surface area (Å²) in [5.74, 6) is -2.64. The molecule has 2 heterocycles. The Kier molecular flexibility index (Phi) is 11.3. The summed E-state index contributed by atoms with van der Waals surface area (Å²) in [6, 6.07) is 0. The molecule has 9 atom stereocenters. The maximum absolute atomic E-state index is 12.8. The molecule has 2 aliphatic heterocycles.